The van der Waals surface area contributed by atoms with Crippen molar-refractivity contribution in [3.05, 3.63) is 65.7 Å². The first-order valence-corrected chi connectivity index (χ1v) is 8.87. The lowest BCUT2D eigenvalue weighted by Crippen LogP contribution is -2.39. The van der Waals surface area contributed by atoms with E-state index in [0.717, 1.165) is 17.9 Å². The highest BCUT2D eigenvalue weighted by Gasteiger charge is 2.30. The zero-order valence-electron chi connectivity index (χ0n) is 14.9. The highest BCUT2D eigenvalue weighted by molar-refractivity contribution is 5.78. The molecule has 1 fully saturated rings. The lowest BCUT2D eigenvalue weighted by atomic mass is 10.1. The molecule has 4 nitrogen and oxygen atoms in total. The first-order valence-electron chi connectivity index (χ1n) is 8.87. The molecule has 132 valence electrons. The summed E-state index contributed by atoms with van der Waals surface area (Å²) in [5.41, 5.74) is 2.33. The minimum Gasteiger partial charge on any atom is -0.497 e. The Morgan fingerprint density at radius 3 is 2.44 bits per heavy atom. The summed E-state index contributed by atoms with van der Waals surface area (Å²) in [5, 5.41) is 3.11. The van der Waals surface area contributed by atoms with Gasteiger partial charge in [-0.15, -0.1) is 0 Å². The predicted molar refractivity (Wildman–Crippen MR) is 99.4 cm³/mol. The predicted octanol–water partition coefficient (Wildman–Crippen LogP) is 3.54. The molecule has 3 rings (SSSR count). The monoisotopic (exact) mass is 338 g/mol. The Bertz CT molecular complexity index is 681. The SMILES string of the molecule is COc1ccc(CN(CC(=O)N[C@H](C)c2ccccc2)C2CC2)cc1. The maximum Gasteiger partial charge on any atom is 0.234 e. The maximum atomic E-state index is 12.5. The molecule has 0 aromatic heterocycles. The molecule has 25 heavy (non-hydrogen) atoms. The van der Waals surface area contributed by atoms with Gasteiger partial charge in [-0.1, -0.05) is 42.5 Å². The van der Waals surface area contributed by atoms with E-state index in [0.29, 0.717) is 12.6 Å². The van der Waals surface area contributed by atoms with Gasteiger partial charge in [0.15, 0.2) is 0 Å². The summed E-state index contributed by atoms with van der Waals surface area (Å²) >= 11 is 0. The second kappa shape index (κ2) is 8.17. The van der Waals surface area contributed by atoms with E-state index in [1.54, 1.807) is 7.11 Å². The fourth-order valence-corrected chi connectivity index (χ4v) is 3.02. The molecule has 0 saturated heterocycles. The van der Waals surface area contributed by atoms with Crippen LogP contribution in [0.1, 0.15) is 36.9 Å². The Labute approximate surface area is 149 Å². The van der Waals surface area contributed by atoms with Crippen LogP contribution in [-0.4, -0.2) is 30.5 Å². The molecule has 1 aliphatic rings. The van der Waals surface area contributed by atoms with Gasteiger partial charge in [0.1, 0.15) is 5.75 Å². The minimum absolute atomic E-state index is 0.0238. The van der Waals surface area contributed by atoms with Gasteiger partial charge < -0.3 is 10.1 Å². The first-order chi connectivity index (χ1) is 12.2. The zero-order valence-corrected chi connectivity index (χ0v) is 14.9. The molecule has 1 aliphatic carbocycles. The fourth-order valence-electron chi connectivity index (χ4n) is 3.02. The molecular formula is C21H26N2O2. The molecule has 1 atom stereocenters. The molecule has 4 heteroatoms. The van der Waals surface area contributed by atoms with E-state index in [4.69, 9.17) is 4.74 Å². The number of hydrogen-bond acceptors (Lipinski definition) is 3. The molecule has 0 aliphatic heterocycles. The molecule has 2 aromatic carbocycles. The van der Waals surface area contributed by atoms with E-state index in [1.807, 2.05) is 49.4 Å². The average Bonchev–Trinajstić information content (AvgIpc) is 3.47. The van der Waals surface area contributed by atoms with E-state index in [1.165, 1.54) is 18.4 Å². The summed E-state index contributed by atoms with van der Waals surface area (Å²) in [6.45, 7) is 3.26. The van der Waals surface area contributed by atoms with Gasteiger partial charge in [0, 0.05) is 12.6 Å². The number of nitrogens with zero attached hydrogens (tertiary/aromatic N) is 1. The molecular weight excluding hydrogens is 312 g/mol. The van der Waals surface area contributed by atoms with Gasteiger partial charge in [-0.2, -0.15) is 0 Å². The second-order valence-electron chi connectivity index (χ2n) is 6.68. The molecule has 0 spiro atoms. The van der Waals surface area contributed by atoms with Crippen LogP contribution in [0, 0.1) is 0 Å². The van der Waals surface area contributed by atoms with Gasteiger partial charge >= 0.3 is 0 Å². The molecule has 2 aromatic rings. The van der Waals surface area contributed by atoms with E-state index in [9.17, 15) is 4.79 Å². The van der Waals surface area contributed by atoms with Crippen LogP contribution in [0.15, 0.2) is 54.6 Å². The number of amides is 1. The van der Waals surface area contributed by atoms with Crippen molar-refractivity contribution in [3.63, 3.8) is 0 Å². The molecule has 0 radical (unpaired) electrons. The third kappa shape index (κ3) is 5.07. The lowest BCUT2D eigenvalue weighted by molar-refractivity contribution is -0.123. The highest BCUT2D eigenvalue weighted by atomic mass is 16.5. The van der Waals surface area contributed by atoms with Crippen LogP contribution in [0.4, 0.5) is 0 Å². The van der Waals surface area contributed by atoms with Crippen LogP contribution >= 0.6 is 0 Å². The Kier molecular flexibility index (Phi) is 5.71. The van der Waals surface area contributed by atoms with E-state index >= 15 is 0 Å². The van der Waals surface area contributed by atoms with Crippen molar-refractivity contribution in [1.29, 1.82) is 0 Å². The van der Waals surface area contributed by atoms with E-state index in [2.05, 4.69) is 22.3 Å². The van der Waals surface area contributed by atoms with E-state index in [-0.39, 0.29) is 11.9 Å². The van der Waals surface area contributed by atoms with Gasteiger partial charge in [-0.05, 0) is 43.0 Å². The van der Waals surface area contributed by atoms with Crippen molar-refractivity contribution in [2.45, 2.75) is 38.4 Å². The number of hydrogen-bond donors (Lipinski definition) is 1. The summed E-state index contributed by atoms with van der Waals surface area (Å²) in [7, 11) is 1.67. The van der Waals surface area contributed by atoms with Crippen LogP contribution < -0.4 is 10.1 Å². The fraction of sp³-hybridized carbons (Fsp3) is 0.381. The third-order valence-corrected chi connectivity index (χ3v) is 4.63. The summed E-state index contributed by atoms with van der Waals surface area (Å²) in [6, 6.07) is 18.7. The van der Waals surface area contributed by atoms with Crippen molar-refractivity contribution >= 4 is 5.91 Å². The van der Waals surface area contributed by atoms with Crippen molar-refractivity contribution in [2.75, 3.05) is 13.7 Å². The van der Waals surface area contributed by atoms with Crippen molar-refractivity contribution in [2.24, 2.45) is 0 Å². The Morgan fingerprint density at radius 1 is 1.16 bits per heavy atom. The second-order valence-corrected chi connectivity index (χ2v) is 6.68. The number of carbonyl (C=O) groups is 1. The van der Waals surface area contributed by atoms with Crippen LogP contribution in [0.2, 0.25) is 0 Å². The van der Waals surface area contributed by atoms with Crippen molar-refractivity contribution in [1.82, 2.24) is 10.2 Å². The smallest absolute Gasteiger partial charge is 0.234 e. The van der Waals surface area contributed by atoms with Crippen molar-refractivity contribution in [3.8, 4) is 5.75 Å². The van der Waals surface area contributed by atoms with Gasteiger partial charge in [0.2, 0.25) is 5.91 Å². The highest BCUT2D eigenvalue weighted by Crippen LogP contribution is 2.28. The van der Waals surface area contributed by atoms with Gasteiger partial charge in [-0.25, -0.2) is 0 Å². The summed E-state index contributed by atoms with van der Waals surface area (Å²) in [5.74, 6) is 0.938. The van der Waals surface area contributed by atoms with Crippen LogP contribution in [0.25, 0.3) is 0 Å². The summed E-state index contributed by atoms with van der Waals surface area (Å²) < 4.78 is 5.21. The third-order valence-electron chi connectivity index (χ3n) is 4.63. The van der Waals surface area contributed by atoms with E-state index < -0.39 is 0 Å². The quantitative estimate of drug-likeness (QED) is 0.800. The largest absolute Gasteiger partial charge is 0.497 e. The summed E-state index contributed by atoms with van der Waals surface area (Å²) in [6.07, 6.45) is 2.36. The topological polar surface area (TPSA) is 41.6 Å². The van der Waals surface area contributed by atoms with Crippen molar-refractivity contribution < 1.29 is 9.53 Å². The average molecular weight is 338 g/mol. The zero-order chi connectivity index (χ0) is 17.6. The van der Waals surface area contributed by atoms with Crippen LogP contribution in [-0.2, 0) is 11.3 Å². The Morgan fingerprint density at radius 2 is 1.84 bits per heavy atom. The molecule has 0 bridgehead atoms. The number of nitrogens with one attached hydrogen (secondary N) is 1. The number of benzene rings is 2. The van der Waals surface area contributed by atoms with Gasteiger partial charge in [0.25, 0.3) is 0 Å². The van der Waals surface area contributed by atoms with Gasteiger partial charge in [-0.3, -0.25) is 9.69 Å². The van der Waals surface area contributed by atoms with Crippen LogP contribution in [0.5, 0.6) is 5.75 Å². The maximum absolute atomic E-state index is 12.5. The molecule has 0 unspecified atom stereocenters. The Hall–Kier alpha value is -2.33. The molecule has 1 N–H and O–H groups in total. The normalized spacial score (nSPS) is 15.0. The molecule has 1 saturated carbocycles. The number of methoxy groups -OCH3 is 1. The Balaban J connectivity index is 1.56. The number of rotatable bonds is 8. The molecule has 0 heterocycles. The van der Waals surface area contributed by atoms with Gasteiger partial charge in [0.05, 0.1) is 19.7 Å². The number of carbonyl (C=O) groups excluding carboxylic acids is 1. The van der Waals surface area contributed by atoms with Crippen LogP contribution in [0.3, 0.4) is 0 Å². The summed E-state index contributed by atoms with van der Waals surface area (Å²) in [4.78, 5) is 14.8. The standard InChI is InChI=1S/C21H26N2O2/c1-16(18-6-4-3-5-7-18)22-21(24)15-23(19-10-11-19)14-17-8-12-20(25-2)13-9-17/h3-9,12-13,16,19H,10-11,14-15H2,1-2H3,(H,22,24)/t16-/m1/s1. The first kappa shape index (κ1) is 17.5. The minimum atomic E-state index is 0.0238. The number of ether oxygens (including phenoxy) is 1. The molecule has 1 amide bonds. The lowest BCUT2D eigenvalue weighted by Gasteiger charge is -2.23.